The maximum absolute atomic E-state index is 12.6. The Labute approximate surface area is 108 Å². The van der Waals surface area contributed by atoms with Crippen molar-refractivity contribution in [3.05, 3.63) is 34.9 Å². The number of ketones is 1. The molecular formula is C13H13F3N2O. The zero-order valence-corrected chi connectivity index (χ0v) is 10.5. The number of hydrogen-bond donors (Lipinski definition) is 0. The maximum Gasteiger partial charge on any atom is 0.416 e. The van der Waals surface area contributed by atoms with Gasteiger partial charge in [-0.1, -0.05) is 6.07 Å². The number of carbonyl (C=O) groups excluding carboxylic acids is 1. The van der Waals surface area contributed by atoms with E-state index in [2.05, 4.69) is 5.10 Å². The van der Waals surface area contributed by atoms with Gasteiger partial charge in [0.25, 0.3) is 0 Å². The van der Waals surface area contributed by atoms with Crippen LogP contribution >= 0.6 is 0 Å². The summed E-state index contributed by atoms with van der Waals surface area (Å²) in [6, 6.07) is 3.39. The third kappa shape index (κ3) is 2.77. The third-order valence-corrected chi connectivity index (χ3v) is 3.16. The van der Waals surface area contributed by atoms with E-state index in [0.29, 0.717) is 5.56 Å². The fraction of sp³-hybridized carbons (Fsp3) is 0.385. The minimum atomic E-state index is -4.34. The van der Waals surface area contributed by atoms with Gasteiger partial charge >= 0.3 is 6.18 Å². The minimum absolute atomic E-state index is 0.101. The first-order valence-electron chi connectivity index (χ1n) is 5.80. The minimum Gasteiger partial charge on any atom is -0.291 e. The van der Waals surface area contributed by atoms with Gasteiger partial charge in [0, 0.05) is 0 Å². The van der Waals surface area contributed by atoms with Crippen molar-refractivity contribution in [2.75, 3.05) is 6.54 Å². The van der Waals surface area contributed by atoms with Gasteiger partial charge in [-0.25, -0.2) is 0 Å². The highest BCUT2D eigenvalue weighted by atomic mass is 19.4. The molecule has 0 aliphatic carbocycles. The summed E-state index contributed by atoms with van der Waals surface area (Å²) in [6.45, 7) is 3.61. The van der Waals surface area contributed by atoms with Crippen molar-refractivity contribution >= 4 is 12.0 Å². The van der Waals surface area contributed by atoms with Crippen molar-refractivity contribution in [3.8, 4) is 0 Å². The molecule has 0 saturated carbocycles. The normalized spacial score (nSPS) is 17.1. The second-order valence-electron chi connectivity index (χ2n) is 4.55. The predicted octanol–water partition coefficient (Wildman–Crippen LogP) is 2.95. The van der Waals surface area contributed by atoms with E-state index in [0.717, 1.165) is 17.7 Å². The molecule has 0 aromatic heterocycles. The fourth-order valence-electron chi connectivity index (χ4n) is 2.10. The monoisotopic (exact) mass is 270 g/mol. The quantitative estimate of drug-likeness (QED) is 0.827. The summed E-state index contributed by atoms with van der Waals surface area (Å²) >= 11 is 0. The predicted molar refractivity (Wildman–Crippen MR) is 64.8 cm³/mol. The van der Waals surface area contributed by atoms with Crippen LogP contribution in [0, 0.1) is 6.92 Å². The van der Waals surface area contributed by atoms with Gasteiger partial charge < -0.3 is 0 Å². The van der Waals surface area contributed by atoms with Gasteiger partial charge in [-0.05, 0) is 37.1 Å². The first-order chi connectivity index (χ1) is 8.79. The summed E-state index contributed by atoms with van der Waals surface area (Å²) in [5, 5.41) is 5.51. The molecule has 19 heavy (non-hydrogen) atoms. The molecule has 3 nitrogen and oxygen atoms in total. The number of Topliss-reactive ketones (excluding diaryl/α,β-unsaturated/α-hetero) is 1. The lowest BCUT2D eigenvalue weighted by atomic mass is 9.99. The highest BCUT2D eigenvalue weighted by molar-refractivity contribution is 6.29. The zero-order valence-electron chi connectivity index (χ0n) is 10.5. The Kier molecular flexibility index (Phi) is 3.34. The van der Waals surface area contributed by atoms with Crippen LogP contribution < -0.4 is 0 Å². The Balaban J connectivity index is 2.26. The maximum atomic E-state index is 12.6. The lowest BCUT2D eigenvalue weighted by Gasteiger charge is -2.24. The molecule has 0 bridgehead atoms. The molecule has 1 unspecified atom stereocenters. The average molecular weight is 270 g/mol. The Hall–Kier alpha value is -1.85. The van der Waals surface area contributed by atoms with Crippen LogP contribution in [0.2, 0.25) is 0 Å². The highest BCUT2D eigenvalue weighted by Gasteiger charge is 2.31. The molecule has 1 heterocycles. The van der Waals surface area contributed by atoms with Crippen LogP contribution in [0.3, 0.4) is 0 Å². The molecule has 0 fully saturated rings. The standard InChI is InChI=1S/C13H13F3N2O/c1-8-5-10(13(14,15)16)3-4-12(8)9(2)18-7-11(19)6-17-18/h3-6,9H,7H2,1-2H3. The van der Waals surface area contributed by atoms with Crippen LogP contribution in [0.1, 0.15) is 29.7 Å². The lowest BCUT2D eigenvalue weighted by molar-refractivity contribution is -0.137. The first-order valence-corrected chi connectivity index (χ1v) is 5.80. The van der Waals surface area contributed by atoms with Crippen LogP contribution in [0.5, 0.6) is 0 Å². The van der Waals surface area contributed by atoms with E-state index in [1.54, 1.807) is 11.9 Å². The first kappa shape index (κ1) is 13.6. The molecule has 102 valence electrons. The smallest absolute Gasteiger partial charge is 0.291 e. The third-order valence-electron chi connectivity index (χ3n) is 3.16. The van der Waals surface area contributed by atoms with E-state index in [-0.39, 0.29) is 18.4 Å². The molecule has 0 amide bonds. The number of hydrogen-bond acceptors (Lipinski definition) is 3. The number of hydrazone groups is 1. The second kappa shape index (κ2) is 4.68. The van der Waals surface area contributed by atoms with Gasteiger partial charge in [0.15, 0.2) is 5.78 Å². The van der Waals surface area contributed by atoms with Crippen molar-refractivity contribution in [1.82, 2.24) is 5.01 Å². The van der Waals surface area contributed by atoms with Crippen molar-refractivity contribution in [2.45, 2.75) is 26.1 Å². The molecule has 1 aliphatic heterocycles. The number of aryl methyl sites for hydroxylation is 1. The molecule has 0 saturated heterocycles. The van der Waals surface area contributed by atoms with Gasteiger partial charge in [-0.15, -0.1) is 0 Å². The second-order valence-corrected chi connectivity index (χ2v) is 4.55. The summed E-state index contributed by atoms with van der Waals surface area (Å²) in [6.07, 6.45) is -3.11. The summed E-state index contributed by atoms with van der Waals surface area (Å²) < 4.78 is 37.7. The topological polar surface area (TPSA) is 32.7 Å². The highest BCUT2D eigenvalue weighted by Crippen LogP contribution is 2.33. The summed E-state index contributed by atoms with van der Waals surface area (Å²) in [4.78, 5) is 11.1. The van der Waals surface area contributed by atoms with Crippen LogP contribution in [-0.2, 0) is 11.0 Å². The van der Waals surface area contributed by atoms with E-state index in [4.69, 9.17) is 0 Å². The van der Waals surface area contributed by atoms with E-state index >= 15 is 0 Å². The van der Waals surface area contributed by atoms with Gasteiger partial charge in [0.1, 0.15) is 6.54 Å². The average Bonchev–Trinajstić information content (AvgIpc) is 2.73. The van der Waals surface area contributed by atoms with E-state index < -0.39 is 11.7 Å². The lowest BCUT2D eigenvalue weighted by Crippen LogP contribution is -2.22. The fourth-order valence-corrected chi connectivity index (χ4v) is 2.10. The van der Waals surface area contributed by atoms with Crippen molar-refractivity contribution < 1.29 is 18.0 Å². The van der Waals surface area contributed by atoms with Crippen LogP contribution in [0.4, 0.5) is 13.2 Å². The van der Waals surface area contributed by atoms with Crippen LogP contribution in [0.15, 0.2) is 23.3 Å². The van der Waals surface area contributed by atoms with Crippen molar-refractivity contribution in [1.29, 1.82) is 0 Å². The number of carbonyl (C=O) groups is 1. The Morgan fingerprint density at radius 2 is 2.05 bits per heavy atom. The molecule has 6 heteroatoms. The molecule has 1 aromatic rings. The van der Waals surface area contributed by atoms with E-state index in [1.165, 1.54) is 12.3 Å². The molecule has 1 aromatic carbocycles. The van der Waals surface area contributed by atoms with Crippen molar-refractivity contribution in [2.24, 2.45) is 5.10 Å². The Bertz CT molecular complexity index is 537. The molecular weight excluding hydrogens is 257 g/mol. The van der Waals surface area contributed by atoms with E-state index in [1.807, 2.05) is 6.92 Å². The molecule has 0 radical (unpaired) electrons. The number of alkyl halides is 3. The van der Waals surface area contributed by atoms with Crippen LogP contribution in [-0.4, -0.2) is 23.6 Å². The van der Waals surface area contributed by atoms with Crippen LogP contribution in [0.25, 0.3) is 0 Å². The van der Waals surface area contributed by atoms with Gasteiger partial charge in [0.2, 0.25) is 0 Å². The molecule has 1 atom stereocenters. The zero-order chi connectivity index (χ0) is 14.2. The molecule has 2 rings (SSSR count). The number of halogens is 3. The SMILES string of the molecule is Cc1cc(C(F)(F)F)ccc1C(C)N1CC(=O)C=N1. The number of rotatable bonds is 2. The van der Waals surface area contributed by atoms with Gasteiger partial charge in [0.05, 0.1) is 17.8 Å². The van der Waals surface area contributed by atoms with E-state index in [9.17, 15) is 18.0 Å². The Morgan fingerprint density at radius 1 is 1.37 bits per heavy atom. The summed E-state index contributed by atoms with van der Waals surface area (Å²) in [5.74, 6) is -0.101. The molecule has 0 spiro atoms. The number of benzene rings is 1. The Morgan fingerprint density at radius 3 is 2.53 bits per heavy atom. The van der Waals surface area contributed by atoms with Gasteiger partial charge in [-0.3, -0.25) is 9.80 Å². The molecule has 1 aliphatic rings. The molecule has 0 N–H and O–H groups in total. The number of nitrogens with zero attached hydrogens (tertiary/aromatic N) is 2. The largest absolute Gasteiger partial charge is 0.416 e. The van der Waals surface area contributed by atoms with Gasteiger partial charge in [-0.2, -0.15) is 18.3 Å². The van der Waals surface area contributed by atoms with Crippen molar-refractivity contribution in [3.63, 3.8) is 0 Å². The summed E-state index contributed by atoms with van der Waals surface area (Å²) in [7, 11) is 0. The summed E-state index contributed by atoms with van der Waals surface area (Å²) in [5.41, 5.74) is 0.610.